The summed E-state index contributed by atoms with van der Waals surface area (Å²) in [7, 11) is 0. The predicted molar refractivity (Wildman–Crippen MR) is 83.0 cm³/mol. The zero-order valence-electron chi connectivity index (χ0n) is 9.84. The number of benzene rings is 1. The third-order valence-electron chi connectivity index (χ3n) is 2.37. The van der Waals surface area contributed by atoms with E-state index in [2.05, 4.69) is 32.9 Å². The molecule has 6 nitrogen and oxygen atoms in total. The Bertz CT molecular complexity index is 676. The van der Waals surface area contributed by atoms with Gasteiger partial charge < -0.3 is 5.32 Å². The lowest BCUT2D eigenvalue weighted by molar-refractivity contribution is -0.385. The molecule has 1 N–H and O–H groups in total. The Morgan fingerprint density at radius 1 is 1.35 bits per heavy atom. The van der Waals surface area contributed by atoms with E-state index in [9.17, 15) is 14.9 Å². The third kappa shape index (κ3) is 3.42. The van der Waals surface area contributed by atoms with Crippen molar-refractivity contribution in [2.24, 2.45) is 0 Å². The lowest BCUT2D eigenvalue weighted by Gasteiger charge is -2.05. The van der Waals surface area contributed by atoms with Crippen LogP contribution >= 0.6 is 34.2 Å². The summed E-state index contributed by atoms with van der Waals surface area (Å²) in [4.78, 5) is 26.3. The highest BCUT2D eigenvalue weighted by molar-refractivity contribution is 14.1. The van der Waals surface area contributed by atoms with E-state index in [-0.39, 0.29) is 16.3 Å². The van der Waals surface area contributed by atoms with E-state index in [0.29, 0.717) is 5.82 Å². The first-order chi connectivity index (χ1) is 9.47. The minimum Gasteiger partial charge on any atom is -0.306 e. The highest BCUT2D eigenvalue weighted by Crippen LogP contribution is 2.24. The fourth-order valence-electron chi connectivity index (χ4n) is 1.48. The largest absolute Gasteiger partial charge is 0.306 e. The minimum absolute atomic E-state index is 0.0697. The number of hydrogen-bond donors (Lipinski definition) is 1. The zero-order chi connectivity index (χ0) is 14.7. The number of hydrogen-bond acceptors (Lipinski definition) is 4. The molecule has 1 amide bonds. The van der Waals surface area contributed by atoms with Gasteiger partial charge in [0.2, 0.25) is 0 Å². The van der Waals surface area contributed by atoms with Crippen molar-refractivity contribution < 1.29 is 9.72 Å². The van der Waals surface area contributed by atoms with Gasteiger partial charge in [0.25, 0.3) is 11.6 Å². The van der Waals surface area contributed by atoms with Crippen LogP contribution in [0.3, 0.4) is 0 Å². The van der Waals surface area contributed by atoms with Crippen molar-refractivity contribution in [1.29, 1.82) is 0 Å². The van der Waals surface area contributed by atoms with Gasteiger partial charge in [0, 0.05) is 20.9 Å². The van der Waals surface area contributed by atoms with Crippen molar-refractivity contribution in [2.75, 3.05) is 5.32 Å². The number of nitro benzene ring substituents is 1. The van der Waals surface area contributed by atoms with Crippen molar-refractivity contribution in [2.45, 2.75) is 0 Å². The Balaban J connectivity index is 2.29. The number of pyridine rings is 1. The van der Waals surface area contributed by atoms with Crippen molar-refractivity contribution in [3.63, 3.8) is 0 Å². The number of halogens is 2. The van der Waals surface area contributed by atoms with E-state index in [1.54, 1.807) is 18.3 Å². The fourth-order valence-corrected chi connectivity index (χ4v) is 1.97. The molecule has 0 unspecified atom stereocenters. The molecular formula is C12H7ClIN3O3. The molecule has 0 aliphatic heterocycles. The summed E-state index contributed by atoms with van der Waals surface area (Å²) in [5.41, 5.74) is -0.416. The molecule has 1 aromatic carbocycles. The minimum atomic E-state index is -0.651. The molecule has 20 heavy (non-hydrogen) atoms. The van der Waals surface area contributed by atoms with Gasteiger partial charge in [-0.3, -0.25) is 14.9 Å². The number of rotatable bonds is 3. The van der Waals surface area contributed by atoms with Gasteiger partial charge in [-0.2, -0.15) is 0 Å². The summed E-state index contributed by atoms with van der Waals surface area (Å²) in [5.74, 6) is -0.290. The maximum Gasteiger partial charge on any atom is 0.283 e. The summed E-state index contributed by atoms with van der Waals surface area (Å²) < 4.78 is 0.915. The smallest absolute Gasteiger partial charge is 0.283 e. The highest BCUT2D eigenvalue weighted by Gasteiger charge is 2.20. The summed E-state index contributed by atoms with van der Waals surface area (Å²) >= 11 is 7.77. The van der Waals surface area contributed by atoms with E-state index in [1.165, 1.54) is 12.1 Å². The van der Waals surface area contributed by atoms with Gasteiger partial charge in [-0.25, -0.2) is 4.98 Å². The van der Waals surface area contributed by atoms with Crippen molar-refractivity contribution in [1.82, 2.24) is 4.98 Å². The second-order valence-corrected chi connectivity index (χ2v) is 5.42. The Kier molecular flexibility index (Phi) is 4.50. The molecule has 1 aromatic heterocycles. The number of nitro groups is 1. The second-order valence-electron chi connectivity index (χ2n) is 3.73. The van der Waals surface area contributed by atoms with Crippen LogP contribution in [0.15, 0.2) is 36.5 Å². The van der Waals surface area contributed by atoms with Gasteiger partial charge in [0.05, 0.1) is 4.92 Å². The van der Waals surface area contributed by atoms with Crippen LogP contribution in [0, 0.1) is 13.7 Å². The quantitative estimate of drug-likeness (QED) is 0.483. The zero-order valence-corrected chi connectivity index (χ0v) is 12.8. The monoisotopic (exact) mass is 403 g/mol. The Morgan fingerprint density at radius 2 is 2.10 bits per heavy atom. The predicted octanol–water partition coefficient (Wildman–Crippen LogP) is 3.50. The van der Waals surface area contributed by atoms with E-state index in [0.717, 1.165) is 9.64 Å². The first-order valence-electron chi connectivity index (χ1n) is 5.34. The molecule has 2 aromatic rings. The SMILES string of the molecule is O=C(Nc1ccc(I)cn1)c1ccc(Cl)cc1[N+](=O)[O-]. The maximum atomic E-state index is 12.0. The van der Waals surface area contributed by atoms with Crippen molar-refractivity contribution in [3.05, 3.63) is 60.8 Å². The molecule has 0 aliphatic carbocycles. The summed E-state index contributed by atoms with van der Waals surface area (Å²) in [5, 5.41) is 13.6. The molecule has 0 spiro atoms. The molecule has 102 valence electrons. The standard InChI is InChI=1S/C12H7ClIN3O3/c13-7-1-3-9(10(5-7)17(19)20)12(18)16-11-4-2-8(14)6-15-11/h1-6H,(H,15,16,18). The summed E-state index contributed by atoms with van der Waals surface area (Å²) in [6.45, 7) is 0. The number of nitrogens with one attached hydrogen (secondary N) is 1. The molecule has 0 saturated heterocycles. The molecule has 0 bridgehead atoms. The van der Waals surface area contributed by atoms with Crippen LogP contribution in [0.5, 0.6) is 0 Å². The molecule has 0 atom stereocenters. The van der Waals surface area contributed by atoms with Crippen LogP contribution in [-0.2, 0) is 0 Å². The summed E-state index contributed by atoms with van der Waals surface area (Å²) in [6.07, 6.45) is 1.58. The number of aromatic nitrogens is 1. The molecular weight excluding hydrogens is 397 g/mol. The van der Waals surface area contributed by atoms with Crippen LogP contribution in [0.1, 0.15) is 10.4 Å². The first-order valence-corrected chi connectivity index (χ1v) is 6.80. The van der Waals surface area contributed by atoms with Crippen molar-refractivity contribution in [3.8, 4) is 0 Å². The topological polar surface area (TPSA) is 85.1 Å². The van der Waals surface area contributed by atoms with Crippen molar-refractivity contribution >= 4 is 51.6 Å². The molecule has 0 aliphatic rings. The van der Waals surface area contributed by atoms with E-state index < -0.39 is 10.8 Å². The van der Waals surface area contributed by atoms with Gasteiger partial charge in [-0.05, 0) is 46.9 Å². The van der Waals surface area contributed by atoms with Gasteiger partial charge >= 0.3 is 0 Å². The first kappa shape index (κ1) is 14.7. The Morgan fingerprint density at radius 3 is 2.70 bits per heavy atom. The van der Waals surface area contributed by atoms with E-state index >= 15 is 0 Å². The van der Waals surface area contributed by atoms with E-state index in [1.807, 2.05) is 0 Å². The molecule has 8 heteroatoms. The number of carbonyl (C=O) groups excluding carboxylic acids is 1. The summed E-state index contributed by atoms with van der Waals surface area (Å²) in [6, 6.07) is 7.24. The Labute approximate surface area is 132 Å². The lowest BCUT2D eigenvalue weighted by atomic mass is 10.1. The van der Waals surface area contributed by atoms with Crippen LogP contribution in [0.2, 0.25) is 5.02 Å². The van der Waals surface area contributed by atoms with Crippen LogP contribution in [0.4, 0.5) is 11.5 Å². The third-order valence-corrected chi connectivity index (χ3v) is 3.24. The molecule has 0 fully saturated rings. The van der Waals surface area contributed by atoms with E-state index in [4.69, 9.17) is 11.6 Å². The molecule has 2 rings (SSSR count). The fraction of sp³-hybridized carbons (Fsp3) is 0. The Hall–Kier alpha value is -1.74. The number of nitrogens with zero attached hydrogens (tertiary/aromatic N) is 2. The van der Waals surface area contributed by atoms with Gasteiger partial charge in [-0.15, -0.1) is 0 Å². The normalized spacial score (nSPS) is 10.1. The lowest BCUT2D eigenvalue weighted by Crippen LogP contribution is -2.14. The van der Waals surface area contributed by atoms with Gasteiger partial charge in [-0.1, -0.05) is 11.6 Å². The maximum absolute atomic E-state index is 12.0. The molecule has 0 radical (unpaired) electrons. The highest BCUT2D eigenvalue weighted by atomic mass is 127. The average Bonchev–Trinajstić information content (AvgIpc) is 2.41. The van der Waals surface area contributed by atoms with Crippen LogP contribution < -0.4 is 5.32 Å². The van der Waals surface area contributed by atoms with Gasteiger partial charge in [0.15, 0.2) is 0 Å². The average molecular weight is 404 g/mol. The molecule has 1 heterocycles. The van der Waals surface area contributed by atoms with Crippen LogP contribution in [-0.4, -0.2) is 15.8 Å². The number of anilines is 1. The number of amides is 1. The van der Waals surface area contributed by atoms with Gasteiger partial charge in [0.1, 0.15) is 11.4 Å². The molecule has 0 saturated carbocycles. The van der Waals surface area contributed by atoms with Crippen LogP contribution in [0.25, 0.3) is 0 Å². The number of carbonyl (C=O) groups is 1. The second kappa shape index (κ2) is 6.14.